The number of carbonyl (C=O) groups is 1. The van der Waals surface area contributed by atoms with E-state index in [0.717, 1.165) is 22.5 Å². The van der Waals surface area contributed by atoms with E-state index in [1.165, 1.54) is 0 Å². The minimum absolute atomic E-state index is 0.122. The van der Waals surface area contributed by atoms with Crippen molar-refractivity contribution in [3.05, 3.63) is 52.5 Å². The summed E-state index contributed by atoms with van der Waals surface area (Å²) in [4.78, 5) is 12.3. The first-order chi connectivity index (χ1) is 10.9. The molecule has 0 heterocycles. The first-order valence-electron chi connectivity index (χ1n) is 7.39. The van der Waals surface area contributed by atoms with E-state index in [4.69, 9.17) is 16.3 Å². The molecule has 2 rings (SSSR count). The van der Waals surface area contributed by atoms with Crippen LogP contribution in [0.1, 0.15) is 18.1 Å². The van der Waals surface area contributed by atoms with Gasteiger partial charge in [-0.2, -0.15) is 0 Å². The van der Waals surface area contributed by atoms with Crippen molar-refractivity contribution in [2.45, 2.75) is 26.8 Å². The molecule has 0 aliphatic rings. The number of anilines is 2. The summed E-state index contributed by atoms with van der Waals surface area (Å²) in [6.07, 6.45) is 0. The van der Waals surface area contributed by atoms with E-state index in [1.807, 2.05) is 44.2 Å². The second-order valence-electron chi connectivity index (χ2n) is 5.52. The van der Waals surface area contributed by atoms with E-state index >= 15 is 0 Å². The molecule has 0 aliphatic heterocycles. The SMILES string of the molecule is COc1cc(Cl)c(C)cc1N[C@H](C)C(=O)Nc1ccc(C)cc1. The minimum Gasteiger partial charge on any atom is -0.495 e. The van der Waals surface area contributed by atoms with E-state index in [-0.39, 0.29) is 5.91 Å². The van der Waals surface area contributed by atoms with Crippen molar-refractivity contribution in [1.82, 2.24) is 0 Å². The van der Waals surface area contributed by atoms with Gasteiger partial charge in [0.1, 0.15) is 11.8 Å². The molecule has 122 valence electrons. The Labute approximate surface area is 141 Å². The van der Waals surface area contributed by atoms with E-state index < -0.39 is 6.04 Å². The minimum atomic E-state index is -0.425. The van der Waals surface area contributed by atoms with Gasteiger partial charge in [0.05, 0.1) is 12.8 Å². The van der Waals surface area contributed by atoms with Crippen LogP contribution in [-0.2, 0) is 4.79 Å². The van der Waals surface area contributed by atoms with Crippen LogP contribution >= 0.6 is 11.6 Å². The summed E-state index contributed by atoms with van der Waals surface area (Å²) in [6, 6.07) is 10.9. The number of hydrogen-bond acceptors (Lipinski definition) is 3. The zero-order chi connectivity index (χ0) is 17.0. The molecule has 2 aromatic rings. The van der Waals surface area contributed by atoms with E-state index in [1.54, 1.807) is 20.1 Å². The summed E-state index contributed by atoms with van der Waals surface area (Å²) in [5, 5.41) is 6.68. The lowest BCUT2D eigenvalue weighted by Crippen LogP contribution is -2.32. The van der Waals surface area contributed by atoms with Crippen LogP contribution in [0.3, 0.4) is 0 Å². The first-order valence-corrected chi connectivity index (χ1v) is 7.76. The van der Waals surface area contributed by atoms with Crippen molar-refractivity contribution in [2.24, 2.45) is 0 Å². The largest absolute Gasteiger partial charge is 0.495 e. The molecular formula is C18H21ClN2O2. The number of hydrogen-bond donors (Lipinski definition) is 2. The molecule has 2 aromatic carbocycles. The van der Waals surface area contributed by atoms with Gasteiger partial charge in [0.2, 0.25) is 5.91 Å². The number of carbonyl (C=O) groups excluding carboxylic acids is 1. The van der Waals surface area contributed by atoms with E-state index in [2.05, 4.69) is 10.6 Å². The van der Waals surface area contributed by atoms with Crippen LogP contribution in [0.25, 0.3) is 0 Å². The molecule has 1 amide bonds. The van der Waals surface area contributed by atoms with Crippen LogP contribution in [0, 0.1) is 13.8 Å². The smallest absolute Gasteiger partial charge is 0.246 e. The molecule has 1 atom stereocenters. The number of rotatable bonds is 5. The number of ether oxygens (including phenoxy) is 1. The van der Waals surface area contributed by atoms with Crippen LogP contribution in [0.5, 0.6) is 5.75 Å². The van der Waals surface area contributed by atoms with Crippen LogP contribution < -0.4 is 15.4 Å². The molecule has 0 aromatic heterocycles. The summed E-state index contributed by atoms with van der Waals surface area (Å²) in [6.45, 7) is 5.71. The van der Waals surface area contributed by atoms with Crippen LogP contribution in [0.2, 0.25) is 5.02 Å². The highest BCUT2D eigenvalue weighted by Gasteiger charge is 2.16. The van der Waals surface area contributed by atoms with Crippen LogP contribution in [0.4, 0.5) is 11.4 Å². The second-order valence-corrected chi connectivity index (χ2v) is 5.93. The molecule has 23 heavy (non-hydrogen) atoms. The Hall–Kier alpha value is -2.20. The van der Waals surface area contributed by atoms with Gasteiger partial charge in [-0.15, -0.1) is 0 Å². The molecule has 2 N–H and O–H groups in total. The average Bonchev–Trinajstić information content (AvgIpc) is 2.52. The van der Waals surface area contributed by atoms with Gasteiger partial charge in [0.25, 0.3) is 0 Å². The number of aryl methyl sites for hydroxylation is 2. The van der Waals surface area contributed by atoms with Crippen LogP contribution in [0.15, 0.2) is 36.4 Å². The molecule has 0 fully saturated rings. The molecule has 0 unspecified atom stereocenters. The van der Waals surface area contributed by atoms with Crippen molar-refractivity contribution < 1.29 is 9.53 Å². The number of nitrogens with one attached hydrogen (secondary N) is 2. The molecular weight excluding hydrogens is 312 g/mol. The standard InChI is InChI=1S/C18H21ClN2O2/c1-11-5-7-14(8-6-11)21-18(22)13(3)20-16-9-12(2)15(19)10-17(16)23-4/h5-10,13,20H,1-4H3,(H,21,22)/t13-/m1/s1. The maximum Gasteiger partial charge on any atom is 0.246 e. The monoisotopic (exact) mass is 332 g/mol. The molecule has 0 saturated carbocycles. The Morgan fingerprint density at radius 3 is 2.43 bits per heavy atom. The van der Waals surface area contributed by atoms with Crippen molar-refractivity contribution >= 4 is 28.9 Å². The quantitative estimate of drug-likeness (QED) is 0.853. The molecule has 0 saturated heterocycles. The zero-order valence-electron chi connectivity index (χ0n) is 13.7. The van der Waals surface area contributed by atoms with Crippen molar-refractivity contribution in [3.8, 4) is 5.75 Å². The maximum atomic E-state index is 12.3. The Morgan fingerprint density at radius 1 is 1.17 bits per heavy atom. The molecule has 0 radical (unpaired) electrons. The van der Waals surface area contributed by atoms with Gasteiger partial charge in [-0.1, -0.05) is 29.3 Å². The second kappa shape index (κ2) is 7.38. The molecule has 5 heteroatoms. The molecule has 4 nitrogen and oxygen atoms in total. The fraction of sp³-hybridized carbons (Fsp3) is 0.278. The fourth-order valence-electron chi connectivity index (χ4n) is 2.13. The zero-order valence-corrected chi connectivity index (χ0v) is 14.5. The summed E-state index contributed by atoms with van der Waals surface area (Å²) >= 11 is 6.10. The highest BCUT2D eigenvalue weighted by atomic mass is 35.5. The Balaban J connectivity index is 2.09. The third-order valence-electron chi connectivity index (χ3n) is 3.57. The number of methoxy groups -OCH3 is 1. The Morgan fingerprint density at radius 2 is 1.83 bits per heavy atom. The van der Waals surface area contributed by atoms with E-state index in [9.17, 15) is 4.79 Å². The summed E-state index contributed by atoms with van der Waals surface area (Å²) in [5.41, 5.74) is 3.58. The number of amides is 1. The number of benzene rings is 2. The molecule has 0 bridgehead atoms. The van der Waals surface area contributed by atoms with E-state index in [0.29, 0.717) is 10.8 Å². The third-order valence-corrected chi connectivity index (χ3v) is 3.97. The van der Waals surface area contributed by atoms with Gasteiger partial charge < -0.3 is 15.4 Å². The summed E-state index contributed by atoms with van der Waals surface area (Å²) in [7, 11) is 1.57. The molecule has 0 spiro atoms. The lowest BCUT2D eigenvalue weighted by atomic mass is 10.1. The summed E-state index contributed by atoms with van der Waals surface area (Å²) in [5.74, 6) is 0.485. The van der Waals surface area contributed by atoms with Gasteiger partial charge in [0, 0.05) is 16.8 Å². The van der Waals surface area contributed by atoms with Gasteiger partial charge in [0.15, 0.2) is 0 Å². The van der Waals surface area contributed by atoms with Gasteiger partial charge in [-0.3, -0.25) is 4.79 Å². The van der Waals surface area contributed by atoms with Crippen molar-refractivity contribution in [1.29, 1.82) is 0 Å². The Bertz CT molecular complexity index is 699. The topological polar surface area (TPSA) is 50.4 Å². The first kappa shape index (κ1) is 17.2. The van der Waals surface area contributed by atoms with Gasteiger partial charge in [-0.25, -0.2) is 0 Å². The van der Waals surface area contributed by atoms with Crippen molar-refractivity contribution in [3.63, 3.8) is 0 Å². The predicted molar refractivity (Wildman–Crippen MR) is 95.6 cm³/mol. The molecule has 0 aliphatic carbocycles. The summed E-state index contributed by atoms with van der Waals surface area (Å²) < 4.78 is 5.31. The normalized spacial score (nSPS) is 11.7. The number of halogens is 1. The lowest BCUT2D eigenvalue weighted by molar-refractivity contribution is -0.116. The maximum absolute atomic E-state index is 12.3. The fourth-order valence-corrected chi connectivity index (χ4v) is 2.28. The third kappa shape index (κ3) is 4.39. The average molecular weight is 333 g/mol. The van der Waals surface area contributed by atoms with Gasteiger partial charge in [-0.05, 0) is 44.5 Å². The lowest BCUT2D eigenvalue weighted by Gasteiger charge is -2.18. The predicted octanol–water partition coefficient (Wildman–Crippen LogP) is 4.40. The highest BCUT2D eigenvalue weighted by molar-refractivity contribution is 6.31. The van der Waals surface area contributed by atoms with Gasteiger partial charge >= 0.3 is 0 Å². The highest BCUT2D eigenvalue weighted by Crippen LogP contribution is 2.31. The van der Waals surface area contributed by atoms with Crippen LogP contribution in [-0.4, -0.2) is 19.1 Å². The van der Waals surface area contributed by atoms with Crippen molar-refractivity contribution in [2.75, 3.05) is 17.7 Å². The Kier molecular flexibility index (Phi) is 5.50.